The molecule has 5 heteroatoms. The SMILES string of the molecule is Cc1nc(-n2nc(C)c(Br)c2C)ccc1CN. The Balaban J connectivity index is 2.53. The zero-order chi connectivity index (χ0) is 12.6. The molecule has 0 unspecified atom stereocenters. The molecule has 2 rings (SSSR count). The van der Waals surface area contributed by atoms with Crippen LogP contribution < -0.4 is 5.73 Å². The summed E-state index contributed by atoms with van der Waals surface area (Å²) in [5.41, 5.74) is 9.66. The zero-order valence-electron chi connectivity index (χ0n) is 10.2. The summed E-state index contributed by atoms with van der Waals surface area (Å²) in [4.78, 5) is 4.53. The second-order valence-electron chi connectivity index (χ2n) is 4.01. The van der Waals surface area contributed by atoms with Crippen LogP contribution in [0.3, 0.4) is 0 Å². The van der Waals surface area contributed by atoms with Gasteiger partial charge in [0.05, 0.1) is 15.9 Å². The van der Waals surface area contributed by atoms with Crippen molar-refractivity contribution in [2.24, 2.45) is 5.73 Å². The number of aromatic nitrogens is 3. The highest BCUT2D eigenvalue weighted by Gasteiger charge is 2.11. The molecule has 17 heavy (non-hydrogen) atoms. The fourth-order valence-corrected chi connectivity index (χ4v) is 2.00. The van der Waals surface area contributed by atoms with Gasteiger partial charge in [-0.2, -0.15) is 5.10 Å². The highest BCUT2D eigenvalue weighted by molar-refractivity contribution is 9.10. The monoisotopic (exact) mass is 294 g/mol. The van der Waals surface area contributed by atoms with E-state index in [1.165, 1.54) is 0 Å². The number of nitrogens with zero attached hydrogens (tertiary/aromatic N) is 3. The van der Waals surface area contributed by atoms with Gasteiger partial charge in [-0.15, -0.1) is 0 Å². The summed E-state index contributed by atoms with van der Waals surface area (Å²) in [6, 6.07) is 3.95. The van der Waals surface area contributed by atoms with Gasteiger partial charge in [-0.05, 0) is 48.3 Å². The average molecular weight is 295 g/mol. The molecule has 90 valence electrons. The van der Waals surface area contributed by atoms with Crippen LogP contribution in [0, 0.1) is 20.8 Å². The fraction of sp³-hybridized carbons (Fsp3) is 0.333. The third kappa shape index (κ3) is 2.12. The van der Waals surface area contributed by atoms with E-state index < -0.39 is 0 Å². The van der Waals surface area contributed by atoms with Crippen LogP contribution in [-0.4, -0.2) is 14.8 Å². The van der Waals surface area contributed by atoms with Crippen molar-refractivity contribution in [2.75, 3.05) is 0 Å². The molecule has 2 aromatic heterocycles. The predicted octanol–water partition coefficient (Wildman–Crippen LogP) is 2.41. The first-order valence-electron chi connectivity index (χ1n) is 5.43. The molecule has 0 aliphatic carbocycles. The summed E-state index contributed by atoms with van der Waals surface area (Å²) < 4.78 is 2.87. The molecule has 0 spiro atoms. The molecule has 2 aromatic rings. The molecule has 2 N–H and O–H groups in total. The molecule has 0 radical (unpaired) electrons. The molecular weight excluding hydrogens is 280 g/mol. The van der Waals surface area contributed by atoms with Gasteiger partial charge >= 0.3 is 0 Å². The summed E-state index contributed by atoms with van der Waals surface area (Å²) in [7, 11) is 0. The highest BCUT2D eigenvalue weighted by Crippen LogP contribution is 2.22. The molecule has 0 aliphatic rings. The lowest BCUT2D eigenvalue weighted by Gasteiger charge is -2.07. The second-order valence-corrected chi connectivity index (χ2v) is 4.81. The first-order chi connectivity index (χ1) is 8.04. The number of halogens is 1. The molecule has 0 atom stereocenters. The van der Waals surface area contributed by atoms with E-state index in [2.05, 4.69) is 26.0 Å². The maximum Gasteiger partial charge on any atom is 0.153 e. The first kappa shape index (κ1) is 12.3. The third-order valence-electron chi connectivity index (χ3n) is 2.82. The summed E-state index contributed by atoms with van der Waals surface area (Å²) >= 11 is 3.51. The minimum Gasteiger partial charge on any atom is -0.326 e. The van der Waals surface area contributed by atoms with E-state index in [1.54, 1.807) is 0 Å². The smallest absolute Gasteiger partial charge is 0.153 e. The van der Waals surface area contributed by atoms with E-state index in [0.717, 1.165) is 32.9 Å². The first-order valence-corrected chi connectivity index (χ1v) is 6.22. The maximum atomic E-state index is 5.63. The van der Waals surface area contributed by atoms with Gasteiger partial charge in [0.15, 0.2) is 5.82 Å². The van der Waals surface area contributed by atoms with Gasteiger partial charge in [0, 0.05) is 12.2 Å². The Morgan fingerprint density at radius 1 is 1.24 bits per heavy atom. The predicted molar refractivity (Wildman–Crippen MR) is 71.2 cm³/mol. The molecule has 0 bridgehead atoms. The molecule has 2 heterocycles. The molecule has 0 aliphatic heterocycles. The lowest BCUT2D eigenvalue weighted by atomic mass is 10.2. The van der Waals surface area contributed by atoms with Gasteiger partial charge in [0.25, 0.3) is 0 Å². The Morgan fingerprint density at radius 3 is 2.41 bits per heavy atom. The van der Waals surface area contributed by atoms with E-state index in [1.807, 2.05) is 37.6 Å². The van der Waals surface area contributed by atoms with Crippen molar-refractivity contribution >= 4 is 15.9 Å². The summed E-state index contributed by atoms with van der Waals surface area (Å²) in [5, 5.41) is 4.45. The van der Waals surface area contributed by atoms with Crippen LogP contribution >= 0.6 is 15.9 Å². The van der Waals surface area contributed by atoms with Crippen LogP contribution in [0.1, 0.15) is 22.6 Å². The molecule has 0 amide bonds. The van der Waals surface area contributed by atoms with Crippen molar-refractivity contribution in [3.05, 3.63) is 39.3 Å². The van der Waals surface area contributed by atoms with Crippen molar-refractivity contribution in [2.45, 2.75) is 27.3 Å². The summed E-state index contributed by atoms with van der Waals surface area (Å²) in [6.07, 6.45) is 0. The largest absolute Gasteiger partial charge is 0.326 e. The second kappa shape index (κ2) is 4.58. The van der Waals surface area contributed by atoms with E-state index in [-0.39, 0.29) is 0 Å². The van der Waals surface area contributed by atoms with Crippen LogP contribution in [-0.2, 0) is 6.54 Å². The number of rotatable bonds is 2. The topological polar surface area (TPSA) is 56.7 Å². The van der Waals surface area contributed by atoms with Gasteiger partial charge in [0.1, 0.15) is 0 Å². The minimum absolute atomic E-state index is 0.514. The lowest BCUT2D eigenvalue weighted by Crippen LogP contribution is -2.06. The molecule has 0 fully saturated rings. The van der Waals surface area contributed by atoms with Crippen molar-refractivity contribution < 1.29 is 0 Å². The van der Waals surface area contributed by atoms with Crippen molar-refractivity contribution in [1.82, 2.24) is 14.8 Å². The number of hydrogen-bond donors (Lipinski definition) is 1. The Kier molecular flexibility index (Phi) is 3.31. The van der Waals surface area contributed by atoms with Gasteiger partial charge in [-0.1, -0.05) is 6.07 Å². The maximum absolute atomic E-state index is 5.63. The number of pyridine rings is 1. The van der Waals surface area contributed by atoms with Crippen LogP contribution in [0.25, 0.3) is 5.82 Å². The van der Waals surface area contributed by atoms with Gasteiger partial charge in [0.2, 0.25) is 0 Å². The van der Waals surface area contributed by atoms with Crippen LogP contribution in [0.15, 0.2) is 16.6 Å². The van der Waals surface area contributed by atoms with E-state index >= 15 is 0 Å². The van der Waals surface area contributed by atoms with Crippen molar-refractivity contribution in [3.8, 4) is 5.82 Å². The van der Waals surface area contributed by atoms with E-state index in [9.17, 15) is 0 Å². The van der Waals surface area contributed by atoms with Crippen molar-refractivity contribution in [1.29, 1.82) is 0 Å². The van der Waals surface area contributed by atoms with Gasteiger partial charge in [-0.3, -0.25) is 0 Å². The van der Waals surface area contributed by atoms with E-state index in [0.29, 0.717) is 6.54 Å². The quantitative estimate of drug-likeness (QED) is 0.925. The standard InChI is InChI=1S/C12H15BrN4/c1-7-10(6-14)4-5-11(15-7)17-9(3)12(13)8(2)16-17/h4-5H,6,14H2,1-3H3. The van der Waals surface area contributed by atoms with Crippen LogP contribution in [0.2, 0.25) is 0 Å². The van der Waals surface area contributed by atoms with Crippen molar-refractivity contribution in [3.63, 3.8) is 0 Å². The fourth-order valence-electron chi connectivity index (χ4n) is 1.76. The zero-order valence-corrected chi connectivity index (χ0v) is 11.7. The third-order valence-corrected chi connectivity index (χ3v) is 3.97. The van der Waals surface area contributed by atoms with E-state index in [4.69, 9.17) is 5.73 Å². The van der Waals surface area contributed by atoms with Crippen LogP contribution in [0.5, 0.6) is 0 Å². The summed E-state index contributed by atoms with van der Waals surface area (Å²) in [6.45, 7) is 6.46. The van der Waals surface area contributed by atoms with Crippen LogP contribution in [0.4, 0.5) is 0 Å². The van der Waals surface area contributed by atoms with Gasteiger partial charge in [-0.25, -0.2) is 9.67 Å². The molecular formula is C12H15BrN4. The summed E-state index contributed by atoms with van der Waals surface area (Å²) in [5.74, 6) is 0.825. The van der Waals surface area contributed by atoms with Gasteiger partial charge < -0.3 is 5.73 Å². The Bertz CT molecular complexity index is 560. The highest BCUT2D eigenvalue weighted by atomic mass is 79.9. The number of aryl methyl sites for hydroxylation is 2. The average Bonchev–Trinajstić information content (AvgIpc) is 2.57. The molecule has 4 nitrogen and oxygen atoms in total. The minimum atomic E-state index is 0.514. The number of hydrogen-bond acceptors (Lipinski definition) is 3. The Hall–Kier alpha value is -1.20. The Labute approximate surface area is 109 Å². The normalized spacial score (nSPS) is 10.9. The Morgan fingerprint density at radius 2 is 1.94 bits per heavy atom. The molecule has 0 saturated carbocycles. The lowest BCUT2D eigenvalue weighted by molar-refractivity contribution is 0.797. The number of nitrogens with two attached hydrogens (primary N) is 1. The molecule has 0 aromatic carbocycles. The molecule has 0 saturated heterocycles.